The summed E-state index contributed by atoms with van der Waals surface area (Å²) in [6.45, 7) is 3.42. The third kappa shape index (κ3) is 27.6. The number of fused-ring (bicyclic) bond motifs is 6. The number of aliphatic carboxylic acids is 3. The van der Waals surface area contributed by atoms with Crippen LogP contribution >= 0.6 is 68.0 Å². The maximum absolute atomic E-state index is 10.1. The van der Waals surface area contributed by atoms with Crippen molar-refractivity contribution in [3.8, 4) is 63.4 Å². The molecule has 0 bridgehead atoms. The number of ketones is 6. The molecule has 118 heavy (non-hydrogen) atoms. The number of carbonyl (C=O) groups is 9. The molecule has 12 heterocycles. The fourth-order valence-corrected chi connectivity index (χ4v) is 16.8. The van der Waals surface area contributed by atoms with Gasteiger partial charge in [0.25, 0.3) is 0 Å². The molecule has 0 fully saturated rings. The molecular formula is C93H69IrN6O12S6. The van der Waals surface area contributed by atoms with Gasteiger partial charge in [-0.25, -0.2) is 0 Å². The normalized spacial score (nSPS) is 10.1. The predicted molar refractivity (Wildman–Crippen MR) is 466 cm³/mol. The molecule has 18 nitrogen and oxygen atoms in total. The van der Waals surface area contributed by atoms with E-state index < -0.39 is 71.9 Å². The van der Waals surface area contributed by atoms with Crippen molar-refractivity contribution < 1.29 is 78.6 Å². The van der Waals surface area contributed by atoms with E-state index in [0.717, 1.165) is 54.9 Å². The van der Waals surface area contributed by atoms with Gasteiger partial charge < -0.3 is 29.7 Å². The fraction of sp³-hybridized carbons (Fsp3) is 0.0645. The number of nitrogens with zero attached hydrogens (tertiary/aromatic N) is 6. The zero-order valence-corrected chi connectivity index (χ0v) is 70.5. The first-order valence-electron chi connectivity index (χ1n) is 35.8. The van der Waals surface area contributed by atoms with E-state index in [4.69, 9.17) is 0 Å². The van der Waals surface area contributed by atoms with Crippen LogP contribution in [-0.4, -0.2) is 82.5 Å². The molecule has 0 spiro atoms. The number of pyridine rings is 6. The molecule has 0 aliphatic rings. The minimum atomic E-state index is -1.80. The van der Waals surface area contributed by atoms with E-state index in [0.29, 0.717) is 0 Å². The molecule has 18 aromatic rings. The van der Waals surface area contributed by atoms with Crippen molar-refractivity contribution in [3.63, 3.8) is 0 Å². The summed E-state index contributed by atoms with van der Waals surface area (Å²) in [4.78, 5) is 123. The van der Waals surface area contributed by atoms with Crippen molar-refractivity contribution in [1.82, 2.24) is 29.9 Å². The van der Waals surface area contributed by atoms with Crippen LogP contribution in [0.2, 0.25) is 0 Å². The van der Waals surface area contributed by atoms with Gasteiger partial charge in [0, 0.05) is 65.4 Å². The van der Waals surface area contributed by atoms with E-state index >= 15 is 0 Å². The molecular weight excluding hydrogens is 1780 g/mol. The molecule has 0 aliphatic carbocycles. The van der Waals surface area contributed by atoms with Crippen molar-refractivity contribution in [2.75, 3.05) is 0 Å². The number of carboxylic acids is 3. The van der Waals surface area contributed by atoms with E-state index in [2.05, 4.69) is 212 Å². The maximum Gasteiger partial charge on any atom is 3.00 e. The van der Waals surface area contributed by atoms with Crippen LogP contribution in [0.5, 0.6) is 0 Å². The van der Waals surface area contributed by atoms with Crippen LogP contribution in [0.25, 0.3) is 124 Å². The Morgan fingerprint density at radius 1 is 0.229 bits per heavy atom. The zero-order valence-electron chi connectivity index (χ0n) is 63.2. The topological polar surface area (TPSA) is 300 Å². The van der Waals surface area contributed by atoms with Gasteiger partial charge in [-0.3, -0.25) is 58.7 Å². The number of carboxylic acid groups (broad SMARTS) is 3. The van der Waals surface area contributed by atoms with Gasteiger partial charge in [-0.05, 0) is 199 Å². The molecule has 0 atom stereocenters. The fourth-order valence-electron chi connectivity index (χ4n) is 10.6. The summed E-state index contributed by atoms with van der Waals surface area (Å²) in [7, 11) is 0. The Kier molecular flexibility index (Phi) is 34.7. The van der Waals surface area contributed by atoms with Gasteiger partial charge in [-0.15, -0.1) is 68.0 Å². The van der Waals surface area contributed by atoms with E-state index in [1.54, 1.807) is 68.0 Å². The minimum Gasteiger partial charge on any atom is -0.542 e. The average molecular weight is 1850 g/mol. The summed E-state index contributed by atoms with van der Waals surface area (Å²) < 4.78 is 7.91. The third-order valence-corrected chi connectivity index (χ3v) is 22.8. The largest absolute Gasteiger partial charge is 3.00 e. The van der Waals surface area contributed by atoms with Crippen molar-refractivity contribution in [2.24, 2.45) is 0 Å². The van der Waals surface area contributed by atoms with Gasteiger partial charge in [-0.2, -0.15) is 0 Å². The van der Waals surface area contributed by atoms with Crippen LogP contribution in [0.15, 0.2) is 328 Å². The number of carbonyl (C=O) groups excluding carboxylic acids is 9. The first kappa shape index (κ1) is 89.0. The van der Waals surface area contributed by atoms with Crippen molar-refractivity contribution in [2.45, 2.75) is 40.0 Å². The first-order valence-corrected chi connectivity index (χ1v) is 40.7. The standard InChI is InChI=1S/6C13H9NS.3C5H6O4.Ir/c6*1-2-7-12-10(5-1)9-13(15-12)11-6-3-4-8-14-11;3*1-3(6)2-4(7)5(8)9;/h6*1-9H;3*2H2,1H3,(H,8,9);/q;;;;;;;;;+3/p-3. The molecule has 0 N–H and O–H groups in total. The molecule has 0 saturated carbocycles. The summed E-state index contributed by atoms with van der Waals surface area (Å²) in [5.74, 6) is -10.3. The Bertz CT molecular complexity index is 5220. The molecule has 6 aromatic carbocycles. The van der Waals surface area contributed by atoms with E-state index in [1.807, 2.05) is 146 Å². The van der Waals surface area contributed by atoms with Gasteiger partial charge >= 0.3 is 20.1 Å². The summed E-state index contributed by atoms with van der Waals surface area (Å²) in [6, 6.07) is 99.7. The van der Waals surface area contributed by atoms with Gasteiger partial charge in [0.1, 0.15) is 35.3 Å². The number of rotatable bonds is 15. The van der Waals surface area contributed by atoms with Crippen molar-refractivity contribution >= 4 is 181 Å². The summed E-state index contributed by atoms with van der Waals surface area (Å²) in [5, 5.41) is 36.6. The molecule has 588 valence electrons. The Morgan fingerprint density at radius 3 is 0.483 bits per heavy atom. The molecule has 25 heteroatoms. The summed E-state index contributed by atoms with van der Waals surface area (Å²) >= 11 is 10.7. The molecule has 0 saturated heterocycles. The first-order chi connectivity index (χ1) is 56.7. The van der Waals surface area contributed by atoms with Crippen LogP contribution in [0.3, 0.4) is 0 Å². The Morgan fingerprint density at radius 2 is 0.373 bits per heavy atom. The molecule has 0 aliphatic heterocycles. The molecule has 12 aromatic heterocycles. The second kappa shape index (κ2) is 46.0. The van der Waals surface area contributed by atoms with E-state index in [-0.39, 0.29) is 20.1 Å². The second-order valence-corrected chi connectivity index (χ2v) is 31.5. The molecule has 0 amide bonds. The zero-order chi connectivity index (χ0) is 82.8. The average Bonchev–Trinajstić information content (AvgIpc) is 1.72. The van der Waals surface area contributed by atoms with Crippen molar-refractivity contribution in [3.05, 3.63) is 328 Å². The molecule has 0 unspecified atom stereocenters. The predicted octanol–water partition coefficient (Wildman–Crippen LogP) is 18.6. The SMILES string of the molecule is CC(=O)CC(=O)C(=O)[O-].CC(=O)CC(=O)C(=O)[O-].CC(=O)CC(=O)C(=O)[O-].[Ir+3].c1ccc(-c2cc3ccccc3s2)nc1.c1ccc(-c2cc3ccccc3s2)nc1.c1ccc(-c2cc3ccccc3s2)nc1.c1ccc(-c2cc3ccccc3s2)nc1.c1ccc(-c2cc3ccccc3s2)nc1.c1ccc(-c2cc3ccccc3s2)nc1. The van der Waals surface area contributed by atoms with Gasteiger partial charge in [0.2, 0.25) is 0 Å². The monoisotopic (exact) mass is 1850 g/mol. The van der Waals surface area contributed by atoms with Crippen LogP contribution in [-0.2, 0) is 63.3 Å². The Labute approximate surface area is 715 Å². The minimum absolute atomic E-state index is 0. The number of Topliss-reactive ketones (excluding diaryl/α,β-unsaturated/α-hetero) is 6. The molecule has 18 rings (SSSR count). The number of aromatic nitrogens is 6. The van der Waals surface area contributed by atoms with E-state index in [1.165, 1.54) is 89.8 Å². The van der Waals surface area contributed by atoms with Crippen LogP contribution in [0.1, 0.15) is 40.0 Å². The summed E-state index contributed by atoms with van der Waals surface area (Å²) in [6.07, 6.45) is 9.30. The van der Waals surface area contributed by atoms with Crippen molar-refractivity contribution in [1.29, 1.82) is 0 Å². The summed E-state index contributed by atoms with van der Waals surface area (Å²) in [5.41, 5.74) is 6.33. The number of benzene rings is 6. The van der Waals surface area contributed by atoms with Crippen LogP contribution < -0.4 is 15.3 Å². The second-order valence-electron chi connectivity index (χ2n) is 24.9. The number of hydrogen-bond donors (Lipinski definition) is 0. The van der Waals surface area contributed by atoms with Crippen LogP contribution in [0.4, 0.5) is 0 Å². The molecule has 0 radical (unpaired) electrons. The van der Waals surface area contributed by atoms with Gasteiger partial charge in [-0.1, -0.05) is 146 Å². The Hall–Kier alpha value is -12.9. The smallest absolute Gasteiger partial charge is 0.542 e. The third-order valence-electron chi connectivity index (χ3n) is 16.0. The number of thiophene rings is 6. The Balaban J connectivity index is 0.000000153. The van der Waals surface area contributed by atoms with E-state index in [9.17, 15) is 58.5 Å². The van der Waals surface area contributed by atoms with Crippen LogP contribution in [0, 0.1) is 0 Å². The maximum atomic E-state index is 10.1. The van der Waals surface area contributed by atoms with Gasteiger partial charge in [0.05, 0.1) is 82.7 Å². The van der Waals surface area contributed by atoms with Gasteiger partial charge in [0.15, 0.2) is 17.3 Å². The number of hydrogen-bond acceptors (Lipinski definition) is 24. The quantitative estimate of drug-likeness (QED) is 0.0680.